The first-order valence-corrected chi connectivity index (χ1v) is 5.79. The third-order valence-electron chi connectivity index (χ3n) is 2.15. The van der Waals surface area contributed by atoms with Gasteiger partial charge in [-0.3, -0.25) is 0 Å². The van der Waals surface area contributed by atoms with Crippen molar-refractivity contribution in [3.8, 4) is 12.3 Å². The van der Waals surface area contributed by atoms with Gasteiger partial charge in [0, 0.05) is 5.92 Å². The highest BCUT2D eigenvalue weighted by Crippen LogP contribution is 2.24. The molecule has 1 unspecified atom stereocenters. The normalized spacial score (nSPS) is 13.2. The Labute approximate surface area is 89.9 Å². The maximum atomic E-state index is 11.0. The third-order valence-corrected chi connectivity index (χ3v) is 3.06. The van der Waals surface area contributed by atoms with Crippen LogP contribution in [-0.4, -0.2) is 13.0 Å². The molecule has 3 nitrogen and oxygen atoms in total. The second kappa shape index (κ2) is 4.05. The van der Waals surface area contributed by atoms with Crippen molar-refractivity contribution in [1.29, 1.82) is 0 Å². The standard InChI is InChI=1S/C11H12O3S/c1-4-9(3)10-7-8(2)5-6-11(10)15(12,13)14/h1,5-7,9H,2-3H3,(H,12,13,14)/p-1. The van der Waals surface area contributed by atoms with Gasteiger partial charge in [-0.25, -0.2) is 8.42 Å². The molecular weight excluding hydrogens is 212 g/mol. The Bertz CT molecular complexity index is 509. The molecule has 0 N–H and O–H groups in total. The van der Waals surface area contributed by atoms with Crippen LogP contribution in [0.25, 0.3) is 0 Å². The minimum atomic E-state index is -4.45. The van der Waals surface area contributed by atoms with Gasteiger partial charge in [0.1, 0.15) is 10.1 Å². The highest BCUT2D eigenvalue weighted by Gasteiger charge is 2.13. The summed E-state index contributed by atoms with van der Waals surface area (Å²) < 4.78 is 32.9. The van der Waals surface area contributed by atoms with Gasteiger partial charge >= 0.3 is 0 Å². The molecule has 1 atom stereocenters. The summed E-state index contributed by atoms with van der Waals surface area (Å²) in [6.45, 7) is 3.50. The van der Waals surface area contributed by atoms with E-state index in [2.05, 4.69) is 5.92 Å². The molecule has 0 aliphatic heterocycles. The van der Waals surface area contributed by atoms with Gasteiger partial charge in [0.05, 0.1) is 4.90 Å². The molecule has 0 aromatic heterocycles. The molecule has 0 saturated heterocycles. The Balaban J connectivity index is 3.48. The maximum absolute atomic E-state index is 11.0. The Morgan fingerprint density at radius 1 is 1.47 bits per heavy atom. The number of hydrogen-bond donors (Lipinski definition) is 0. The summed E-state index contributed by atoms with van der Waals surface area (Å²) in [5.74, 6) is 2.03. The van der Waals surface area contributed by atoms with Crippen LogP contribution in [0.5, 0.6) is 0 Å². The van der Waals surface area contributed by atoms with Gasteiger partial charge in [-0.1, -0.05) is 23.6 Å². The maximum Gasteiger partial charge on any atom is 0.124 e. The molecule has 0 heterocycles. The van der Waals surface area contributed by atoms with E-state index in [9.17, 15) is 13.0 Å². The molecule has 0 aliphatic rings. The van der Waals surface area contributed by atoms with Crippen molar-refractivity contribution in [3.63, 3.8) is 0 Å². The van der Waals surface area contributed by atoms with Crippen molar-refractivity contribution in [2.24, 2.45) is 0 Å². The predicted octanol–water partition coefficient (Wildman–Crippen LogP) is 1.64. The average Bonchev–Trinajstić information content (AvgIpc) is 2.14. The van der Waals surface area contributed by atoms with Crippen molar-refractivity contribution in [2.75, 3.05) is 0 Å². The number of rotatable bonds is 2. The van der Waals surface area contributed by atoms with Crippen LogP contribution in [-0.2, 0) is 10.1 Å². The van der Waals surface area contributed by atoms with E-state index in [0.717, 1.165) is 5.56 Å². The molecule has 0 spiro atoms. The minimum Gasteiger partial charge on any atom is -0.744 e. The third kappa shape index (κ3) is 2.58. The molecule has 80 valence electrons. The van der Waals surface area contributed by atoms with Crippen LogP contribution < -0.4 is 0 Å². The number of aryl methyl sites for hydroxylation is 1. The minimum absolute atomic E-state index is 0.224. The van der Waals surface area contributed by atoms with Crippen LogP contribution in [0, 0.1) is 19.3 Å². The summed E-state index contributed by atoms with van der Waals surface area (Å²) in [7, 11) is -4.45. The summed E-state index contributed by atoms with van der Waals surface area (Å²) in [4.78, 5) is -0.224. The number of terminal acetylenes is 1. The van der Waals surface area contributed by atoms with Gasteiger partial charge in [0.25, 0.3) is 0 Å². The summed E-state index contributed by atoms with van der Waals surface area (Å²) in [5, 5.41) is 0. The van der Waals surface area contributed by atoms with Crippen molar-refractivity contribution >= 4 is 10.1 Å². The van der Waals surface area contributed by atoms with Gasteiger partial charge in [0.15, 0.2) is 0 Å². The van der Waals surface area contributed by atoms with Crippen molar-refractivity contribution in [2.45, 2.75) is 24.7 Å². The average molecular weight is 223 g/mol. The second-order valence-corrected chi connectivity index (χ2v) is 4.73. The molecular formula is C11H11O3S-. The van der Waals surface area contributed by atoms with E-state index in [1.165, 1.54) is 6.07 Å². The van der Waals surface area contributed by atoms with E-state index in [-0.39, 0.29) is 10.8 Å². The largest absolute Gasteiger partial charge is 0.744 e. The smallest absolute Gasteiger partial charge is 0.124 e. The zero-order valence-electron chi connectivity index (χ0n) is 8.52. The lowest BCUT2D eigenvalue weighted by Gasteiger charge is -2.15. The summed E-state index contributed by atoms with van der Waals surface area (Å²) in [6, 6.07) is 4.52. The zero-order chi connectivity index (χ0) is 11.6. The quantitative estimate of drug-likeness (QED) is 0.565. The van der Waals surface area contributed by atoms with Crippen molar-refractivity contribution < 1.29 is 13.0 Å². The Morgan fingerprint density at radius 2 is 2.07 bits per heavy atom. The van der Waals surface area contributed by atoms with Gasteiger partial charge in [0.2, 0.25) is 0 Å². The molecule has 1 rings (SSSR count). The van der Waals surface area contributed by atoms with Crippen LogP contribution in [0.3, 0.4) is 0 Å². The molecule has 1 aromatic carbocycles. The lowest BCUT2D eigenvalue weighted by atomic mass is 10.0. The van der Waals surface area contributed by atoms with Gasteiger partial charge < -0.3 is 4.55 Å². The first-order chi connectivity index (χ1) is 6.86. The highest BCUT2D eigenvalue weighted by molar-refractivity contribution is 7.85. The van der Waals surface area contributed by atoms with Gasteiger partial charge in [-0.15, -0.1) is 6.42 Å². The second-order valence-electron chi connectivity index (χ2n) is 3.38. The van der Waals surface area contributed by atoms with Crippen LogP contribution in [0.15, 0.2) is 23.1 Å². The first kappa shape index (κ1) is 11.8. The van der Waals surface area contributed by atoms with E-state index in [1.807, 2.05) is 6.92 Å². The van der Waals surface area contributed by atoms with Gasteiger partial charge in [-0.2, -0.15) is 0 Å². The molecule has 0 amide bonds. The monoisotopic (exact) mass is 223 g/mol. The molecule has 15 heavy (non-hydrogen) atoms. The van der Waals surface area contributed by atoms with E-state index >= 15 is 0 Å². The first-order valence-electron chi connectivity index (χ1n) is 4.39. The predicted molar refractivity (Wildman–Crippen MR) is 56.4 cm³/mol. The van der Waals surface area contributed by atoms with Crippen LogP contribution in [0.1, 0.15) is 24.0 Å². The molecule has 0 fully saturated rings. The SMILES string of the molecule is C#CC(C)c1cc(C)ccc1S(=O)(=O)[O-]. The van der Waals surface area contributed by atoms with E-state index in [0.29, 0.717) is 5.56 Å². The highest BCUT2D eigenvalue weighted by atomic mass is 32.2. The van der Waals surface area contributed by atoms with Crippen LogP contribution in [0.4, 0.5) is 0 Å². The summed E-state index contributed by atoms with van der Waals surface area (Å²) in [6.07, 6.45) is 5.22. The molecule has 0 aliphatic carbocycles. The van der Waals surface area contributed by atoms with Crippen molar-refractivity contribution in [3.05, 3.63) is 29.3 Å². The molecule has 1 aromatic rings. The summed E-state index contributed by atoms with van der Waals surface area (Å²) >= 11 is 0. The fraction of sp³-hybridized carbons (Fsp3) is 0.273. The summed E-state index contributed by atoms with van der Waals surface area (Å²) in [5.41, 5.74) is 1.27. The lowest BCUT2D eigenvalue weighted by Crippen LogP contribution is -2.05. The zero-order valence-corrected chi connectivity index (χ0v) is 9.34. The molecule has 0 bridgehead atoms. The fourth-order valence-electron chi connectivity index (χ4n) is 1.32. The van der Waals surface area contributed by atoms with Crippen molar-refractivity contribution in [1.82, 2.24) is 0 Å². The van der Waals surface area contributed by atoms with Crippen LogP contribution >= 0.6 is 0 Å². The lowest BCUT2D eigenvalue weighted by molar-refractivity contribution is 0.462. The Morgan fingerprint density at radius 3 is 2.53 bits per heavy atom. The fourth-order valence-corrected chi connectivity index (χ4v) is 2.08. The topological polar surface area (TPSA) is 57.2 Å². The number of benzene rings is 1. The van der Waals surface area contributed by atoms with Crippen LogP contribution in [0.2, 0.25) is 0 Å². The molecule has 0 saturated carbocycles. The Kier molecular flexibility index (Phi) is 3.18. The van der Waals surface area contributed by atoms with E-state index in [4.69, 9.17) is 6.42 Å². The molecule has 0 radical (unpaired) electrons. The number of hydrogen-bond acceptors (Lipinski definition) is 3. The van der Waals surface area contributed by atoms with E-state index in [1.54, 1.807) is 19.1 Å². The van der Waals surface area contributed by atoms with E-state index < -0.39 is 10.1 Å². The van der Waals surface area contributed by atoms with Gasteiger partial charge in [-0.05, 0) is 25.5 Å². The molecule has 4 heteroatoms. The Hall–Kier alpha value is -1.31.